The van der Waals surface area contributed by atoms with Crippen LogP contribution in [-0.4, -0.2) is 30.8 Å². The van der Waals surface area contributed by atoms with Gasteiger partial charge in [-0.3, -0.25) is 0 Å². The van der Waals surface area contributed by atoms with E-state index in [0.29, 0.717) is 5.92 Å². The molecule has 4 heteroatoms. The molecule has 1 aromatic rings. The molecule has 3 rings (SSSR count). The van der Waals surface area contributed by atoms with Crippen LogP contribution in [0.4, 0.5) is 4.39 Å². The lowest BCUT2D eigenvalue weighted by atomic mass is 9.79. The van der Waals surface area contributed by atoms with Crippen molar-refractivity contribution in [3.05, 3.63) is 35.6 Å². The topological polar surface area (TPSA) is 21.3 Å². The highest BCUT2D eigenvalue weighted by Gasteiger charge is 2.42. The van der Waals surface area contributed by atoms with E-state index < -0.39 is 0 Å². The zero-order valence-electron chi connectivity index (χ0n) is 11.9. The van der Waals surface area contributed by atoms with Gasteiger partial charge in [-0.15, -0.1) is 0 Å². The number of ether oxygens (including phenoxy) is 1. The minimum atomic E-state index is -0.152. The molecule has 0 aliphatic carbocycles. The number of halogens is 1. The second-order valence-corrected chi connectivity index (χ2v) is 7.01. The third kappa shape index (κ3) is 2.87. The molecule has 2 aliphatic heterocycles. The van der Waals surface area contributed by atoms with Gasteiger partial charge in [0.15, 0.2) is 0 Å². The summed E-state index contributed by atoms with van der Waals surface area (Å²) in [6.07, 6.45) is 3.30. The van der Waals surface area contributed by atoms with Gasteiger partial charge >= 0.3 is 0 Å². The molecule has 2 fully saturated rings. The summed E-state index contributed by atoms with van der Waals surface area (Å²) in [5.74, 6) is 2.69. The fraction of sp³-hybridized carbons (Fsp3) is 0.625. The Labute approximate surface area is 124 Å². The fourth-order valence-corrected chi connectivity index (χ4v) is 4.97. The van der Waals surface area contributed by atoms with Crippen LogP contribution in [0.5, 0.6) is 0 Å². The lowest BCUT2D eigenvalue weighted by Gasteiger charge is -2.41. The molecule has 0 radical (unpaired) electrons. The highest BCUT2D eigenvalue weighted by atomic mass is 32.2. The number of benzene rings is 1. The number of hydrogen-bond donors (Lipinski definition) is 1. The number of hydrogen-bond acceptors (Lipinski definition) is 3. The summed E-state index contributed by atoms with van der Waals surface area (Å²) in [4.78, 5) is 0. The van der Waals surface area contributed by atoms with Crippen LogP contribution in [0.1, 0.15) is 30.9 Å². The molecule has 1 spiro atoms. The first-order valence-corrected chi connectivity index (χ1v) is 8.52. The standard InChI is InChI=1S/C16H22FNOS/c1-18-15(12-3-2-4-14(17)9-12)13-5-7-19-16(10-13)6-8-20-11-16/h2-4,9,13,15,18H,5-8,10-11H2,1H3. The monoisotopic (exact) mass is 295 g/mol. The molecule has 0 amide bonds. The summed E-state index contributed by atoms with van der Waals surface area (Å²) in [5.41, 5.74) is 1.14. The quantitative estimate of drug-likeness (QED) is 0.923. The van der Waals surface area contributed by atoms with Crippen LogP contribution in [-0.2, 0) is 4.74 Å². The normalized spacial score (nSPS) is 31.6. The maximum absolute atomic E-state index is 13.5. The molecule has 3 unspecified atom stereocenters. The molecule has 0 aromatic heterocycles. The maximum Gasteiger partial charge on any atom is 0.123 e. The Balaban J connectivity index is 1.78. The predicted molar refractivity (Wildman–Crippen MR) is 81.5 cm³/mol. The van der Waals surface area contributed by atoms with Crippen molar-refractivity contribution in [1.82, 2.24) is 5.32 Å². The average Bonchev–Trinajstić information content (AvgIpc) is 2.88. The third-order valence-electron chi connectivity index (χ3n) is 4.59. The van der Waals surface area contributed by atoms with Crippen molar-refractivity contribution < 1.29 is 9.13 Å². The van der Waals surface area contributed by atoms with Gasteiger partial charge in [-0.05, 0) is 55.7 Å². The van der Waals surface area contributed by atoms with Crippen molar-refractivity contribution in [2.24, 2.45) is 5.92 Å². The molecule has 2 aliphatic rings. The minimum Gasteiger partial charge on any atom is -0.374 e. The fourth-order valence-electron chi connectivity index (χ4n) is 3.59. The molecule has 20 heavy (non-hydrogen) atoms. The minimum absolute atomic E-state index is 0.0794. The molecule has 0 bridgehead atoms. The number of nitrogens with one attached hydrogen (secondary N) is 1. The molecule has 2 saturated heterocycles. The van der Waals surface area contributed by atoms with Crippen molar-refractivity contribution in [1.29, 1.82) is 0 Å². The van der Waals surface area contributed by atoms with E-state index in [1.165, 1.54) is 11.8 Å². The first-order chi connectivity index (χ1) is 9.72. The summed E-state index contributed by atoms with van der Waals surface area (Å²) in [6, 6.07) is 7.21. The predicted octanol–water partition coefficient (Wildman–Crippen LogP) is 3.39. The van der Waals surface area contributed by atoms with Crippen molar-refractivity contribution in [2.75, 3.05) is 25.2 Å². The maximum atomic E-state index is 13.5. The lowest BCUT2D eigenvalue weighted by molar-refractivity contribution is -0.0850. The average molecular weight is 295 g/mol. The van der Waals surface area contributed by atoms with Gasteiger partial charge in [0.1, 0.15) is 5.82 Å². The van der Waals surface area contributed by atoms with Crippen LogP contribution < -0.4 is 5.32 Å². The van der Waals surface area contributed by atoms with Crippen LogP contribution in [0.25, 0.3) is 0 Å². The van der Waals surface area contributed by atoms with Crippen LogP contribution in [0, 0.1) is 11.7 Å². The van der Waals surface area contributed by atoms with Crippen molar-refractivity contribution in [3.63, 3.8) is 0 Å². The Morgan fingerprint density at radius 1 is 1.50 bits per heavy atom. The van der Waals surface area contributed by atoms with Gasteiger partial charge in [0, 0.05) is 18.4 Å². The number of thioether (sulfide) groups is 1. The molecule has 2 heterocycles. The van der Waals surface area contributed by atoms with Gasteiger partial charge in [-0.2, -0.15) is 11.8 Å². The summed E-state index contributed by atoms with van der Waals surface area (Å²) in [7, 11) is 1.97. The van der Waals surface area contributed by atoms with E-state index in [2.05, 4.69) is 5.32 Å². The van der Waals surface area contributed by atoms with Gasteiger partial charge in [-0.25, -0.2) is 4.39 Å². The van der Waals surface area contributed by atoms with Crippen molar-refractivity contribution >= 4 is 11.8 Å². The molecular weight excluding hydrogens is 273 g/mol. The van der Waals surface area contributed by atoms with Gasteiger partial charge in [-0.1, -0.05) is 12.1 Å². The van der Waals surface area contributed by atoms with E-state index in [4.69, 9.17) is 4.74 Å². The first kappa shape index (κ1) is 14.4. The molecule has 3 atom stereocenters. The van der Waals surface area contributed by atoms with Gasteiger partial charge in [0.2, 0.25) is 0 Å². The SMILES string of the molecule is CNC(c1cccc(F)c1)C1CCOC2(CCSC2)C1. The summed E-state index contributed by atoms with van der Waals surface area (Å²) in [5, 5.41) is 3.39. The van der Waals surface area contributed by atoms with E-state index in [1.807, 2.05) is 24.9 Å². The Bertz CT molecular complexity index is 462. The molecule has 2 nitrogen and oxygen atoms in total. The van der Waals surface area contributed by atoms with E-state index in [0.717, 1.165) is 37.2 Å². The Morgan fingerprint density at radius 3 is 3.10 bits per heavy atom. The van der Waals surface area contributed by atoms with E-state index in [1.54, 1.807) is 12.1 Å². The van der Waals surface area contributed by atoms with Crippen LogP contribution in [0.2, 0.25) is 0 Å². The Morgan fingerprint density at radius 2 is 2.40 bits per heavy atom. The molecule has 110 valence electrons. The Kier molecular flexibility index (Phi) is 4.34. The first-order valence-electron chi connectivity index (χ1n) is 7.37. The summed E-state index contributed by atoms with van der Waals surface area (Å²) >= 11 is 1.99. The largest absolute Gasteiger partial charge is 0.374 e. The van der Waals surface area contributed by atoms with Crippen LogP contribution in [0.15, 0.2) is 24.3 Å². The molecule has 0 saturated carbocycles. The zero-order chi connectivity index (χ0) is 14.0. The van der Waals surface area contributed by atoms with E-state index >= 15 is 0 Å². The van der Waals surface area contributed by atoms with E-state index in [-0.39, 0.29) is 17.5 Å². The van der Waals surface area contributed by atoms with Crippen LogP contribution >= 0.6 is 11.8 Å². The number of rotatable bonds is 3. The summed E-state index contributed by atoms with van der Waals surface area (Å²) < 4.78 is 19.6. The molecule has 1 N–H and O–H groups in total. The highest BCUT2D eigenvalue weighted by Crippen LogP contribution is 2.43. The van der Waals surface area contributed by atoms with Crippen LogP contribution in [0.3, 0.4) is 0 Å². The second kappa shape index (κ2) is 6.04. The van der Waals surface area contributed by atoms with Gasteiger partial charge in [0.05, 0.1) is 5.60 Å². The smallest absolute Gasteiger partial charge is 0.123 e. The van der Waals surface area contributed by atoms with E-state index in [9.17, 15) is 4.39 Å². The van der Waals surface area contributed by atoms with Crippen molar-refractivity contribution in [3.8, 4) is 0 Å². The second-order valence-electron chi connectivity index (χ2n) is 5.91. The Hall–Kier alpha value is -0.580. The lowest BCUT2D eigenvalue weighted by Crippen LogP contribution is -2.43. The van der Waals surface area contributed by atoms with Crippen molar-refractivity contribution in [2.45, 2.75) is 30.9 Å². The summed E-state index contributed by atoms with van der Waals surface area (Å²) in [6.45, 7) is 0.832. The molecule has 1 aromatic carbocycles. The zero-order valence-corrected chi connectivity index (χ0v) is 12.7. The molecular formula is C16H22FNOS. The third-order valence-corrected chi connectivity index (χ3v) is 5.81. The van der Waals surface area contributed by atoms with Gasteiger partial charge < -0.3 is 10.1 Å². The van der Waals surface area contributed by atoms with Gasteiger partial charge in [0.25, 0.3) is 0 Å². The highest BCUT2D eigenvalue weighted by molar-refractivity contribution is 7.99.